The Bertz CT molecular complexity index is 431. The molecule has 0 aliphatic carbocycles. The molecule has 21 heavy (non-hydrogen) atoms. The second kappa shape index (κ2) is 7.75. The van der Waals surface area contributed by atoms with Crippen LogP contribution in [0.25, 0.3) is 0 Å². The number of β-amino-alcohol motifs (C(OH)–C–C–N with tert-alkyl or cyclic N) is 1. The molecule has 0 radical (unpaired) electrons. The first kappa shape index (κ1) is 16.2. The summed E-state index contributed by atoms with van der Waals surface area (Å²) in [4.78, 5) is 2.22. The molecule has 3 atom stereocenters. The van der Waals surface area contributed by atoms with E-state index in [0.717, 1.165) is 24.4 Å². The number of aliphatic hydroxyl groups is 1. The van der Waals surface area contributed by atoms with Crippen LogP contribution in [0.2, 0.25) is 0 Å². The molecule has 118 valence electrons. The van der Waals surface area contributed by atoms with Gasteiger partial charge in [0.2, 0.25) is 0 Å². The summed E-state index contributed by atoms with van der Waals surface area (Å²) >= 11 is 0. The summed E-state index contributed by atoms with van der Waals surface area (Å²) in [6, 6.07) is 7.66. The lowest BCUT2D eigenvalue weighted by Gasteiger charge is -2.36. The van der Waals surface area contributed by atoms with Crippen molar-refractivity contribution in [2.45, 2.75) is 38.7 Å². The van der Waals surface area contributed by atoms with Crippen molar-refractivity contribution in [1.82, 2.24) is 4.90 Å². The van der Waals surface area contributed by atoms with Crippen molar-refractivity contribution in [2.75, 3.05) is 26.2 Å². The van der Waals surface area contributed by atoms with Crippen LogP contribution in [0.5, 0.6) is 5.75 Å². The van der Waals surface area contributed by atoms with Crippen molar-refractivity contribution in [2.24, 2.45) is 5.73 Å². The average Bonchev–Trinajstić information content (AvgIpc) is 2.44. The van der Waals surface area contributed by atoms with Crippen LogP contribution in [0, 0.1) is 0 Å². The van der Waals surface area contributed by atoms with E-state index in [4.69, 9.17) is 15.2 Å². The zero-order chi connectivity index (χ0) is 15.2. The first-order valence-electron chi connectivity index (χ1n) is 7.55. The number of morpholine rings is 1. The Morgan fingerprint density at radius 3 is 2.67 bits per heavy atom. The molecule has 3 N–H and O–H groups in total. The lowest BCUT2D eigenvalue weighted by Crippen LogP contribution is -2.48. The van der Waals surface area contributed by atoms with Gasteiger partial charge in [0.15, 0.2) is 0 Å². The van der Waals surface area contributed by atoms with Crippen molar-refractivity contribution in [3.63, 3.8) is 0 Å². The Labute approximate surface area is 126 Å². The molecule has 0 aromatic heterocycles. The van der Waals surface area contributed by atoms with Crippen LogP contribution in [0.3, 0.4) is 0 Å². The highest BCUT2D eigenvalue weighted by molar-refractivity contribution is 5.32. The van der Waals surface area contributed by atoms with Gasteiger partial charge in [-0.15, -0.1) is 0 Å². The minimum Gasteiger partial charge on any atom is -0.491 e. The number of nitrogens with two attached hydrogens (primary N) is 1. The van der Waals surface area contributed by atoms with E-state index in [2.05, 4.69) is 18.7 Å². The maximum Gasteiger partial charge on any atom is 0.123 e. The third-order valence-electron chi connectivity index (χ3n) is 3.59. The molecular formula is C16H26N2O3. The van der Waals surface area contributed by atoms with Crippen LogP contribution < -0.4 is 10.5 Å². The van der Waals surface area contributed by atoms with E-state index < -0.39 is 6.10 Å². The Morgan fingerprint density at radius 1 is 1.33 bits per heavy atom. The van der Waals surface area contributed by atoms with Gasteiger partial charge < -0.3 is 20.3 Å². The first-order chi connectivity index (χ1) is 10.1. The third-order valence-corrected chi connectivity index (χ3v) is 3.59. The second-order valence-electron chi connectivity index (χ2n) is 5.75. The highest BCUT2D eigenvalue weighted by Crippen LogP contribution is 2.17. The monoisotopic (exact) mass is 294 g/mol. The summed E-state index contributed by atoms with van der Waals surface area (Å²) in [5, 5.41) is 10.2. The zero-order valence-electron chi connectivity index (χ0n) is 12.9. The van der Waals surface area contributed by atoms with Crippen LogP contribution in [-0.4, -0.2) is 54.6 Å². The van der Waals surface area contributed by atoms with E-state index in [1.165, 1.54) is 0 Å². The summed E-state index contributed by atoms with van der Waals surface area (Å²) in [7, 11) is 0. The van der Waals surface area contributed by atoms with E-state index in [-0.39, 0.29) is 18.8 Å². The van der Waals surface area contributed by atoms with E-state index in [9.17, 15) is 5.11 Å². The Morgan fingerprint density at radius 2 is 2.00 bits per heavy atom. The molecule has 1 aromatic carbocycles. The third kappa shape index (κ3) is 4.97. The van der Waals surface area contributed by atoms with E-state index >= 15 is 0 Å². The van der Waals surface area contributed by atoms with Crippen molar-refractivity contribution < 1.29 is 14.6 Å². The number of para-hydroxylation sites is 1. The molecular weight excluding hydrogens is 268 g/mol. The van der Waals surface area contributed by atoms with Crippen LogP contribution in [0.1, 0.15) is 19.4 Å². The van der Waals surface area contributed by atoms with Gasteiger partial charge >= 0.3 is 0 Å². The fourth-order valence-corrected chi connectivity index (χ4v) is 2.78. The summed E-state index contributed by atoms with van der Waals surface area (Å²) in [5.41, 5.74) is 6.63. The molecule has 1 fully saturated rings. The van der Waals surface area contributed by atoms with Crippen molar-refractivity contribution in [3.05, 3.63) is 29.8 Å². The highest BCUT2D eigenvalue weighted by atomic mass is 16.5. The summed E-state index contributed by atoms with van der Waals surface area (Å²) in [5.74, 6) is 0.753. The molecule has 2 rings (SSSR count). The molecule has 1 heterocycles. The normalized spacial score (nSPS) is 24.8. The number of hydrogen-bond acceptors (Lipinski definition) is 5. The Hall–Kier alpha value is -1.14. The molecule has 0 saturated carbocycles. The van der Waals surface area contributed by atoms with Crippen LogP contribution in [-0.2, 0) is 11.3 Å². The van der Waals surface area contributed by atoms with Gasteiger partial charge in [-0.05, 0) is 19.9 Å². The smallest absolute Gasteiger partial charge is 0.123 e. The van der Waals surface area contributed by atoms with E-state index in [1.807, 2.05) is 24.3 Å². The number of hydrogen-bond donors (Lipinski definition) is 2. The minimum atomic E-state index is -0.520. The first-order valence-corrected chi connectivity index (χ1v) is 7.55. The SMILES string of the molecule is CC1CN(CC(O)COc2ccccc2CN)CC(C)O1. The predicted molar refractivity (Wildman–Crippen MR) is 82.3 cm³/mol. The van der Waals surface area contributed by atoms with Gasteiger partial charge in [-0.25, -0.2) is 0 Å². The quantitative estimate of drug-likeness (QED) is 0.819. The number of benzene rings is 1. The van der Waals surface area contributed by atoms with Crippen molar-refractivity contribution >= 4 is 0 Å². The minimum absolute atomic E-state index is 0.208. The van der Waals surface area contributed by atoms with Crippen molar-refractivity contribution in [1.29, 1.82) is 0 Å². The second-order valence-corrected chi connectivity index (χ2v) is 5.75. The Balaban J connectivity index is 1.80. The summed E-state index contributed by atoms with van der Waals surface area (Å²) < 4.78 is 11.4. The molecule has 1 aliphatic rings. The van der Waals surface area contributed by atoms with E-state index in [0.29, 0.717) is 13.1 Å². The molecule has 1 aliphatic heterocycles. The molecule has 0 spiro atoms. The van der Waals surface area contributed by atoms with Gasteiger partial charge in [0.1, 0.15) is 18.5 Å². The highest BCUT2D eigenvalue weighted by Gasteiger charge is 2.24. The average molecular weight is 294 g/mol. The maximum absolute atomic E-state index is 10.2. The predicted octanol–water partition coefficient (Wildman–Crippen LogP) is 0.994. The summed E-state index contributed by atoms with van der Waals surface area (Å²) in [6.07, 6.45) is -0.104. The Kier molecular flexibility index (Phi) is 5.99. The zero-order valence-corrected chi connectivity index (χ0v) is 12.9. The lowest BCUT2D eigenvalue weighted by atomic mass is 10.2. The molecule has 3 unspecified atom stereocenters. The van der Waals surface area contributed by atoms with Gasteiger partial charge in [0.25, 0.3) is 0 Å². The summed E-state index contributed by atoms with van der Waals surface area (Å²) in [6.45, 7) is 7.12. The number of rotatable bonds is 6. The van der Waals surface area contributed by atoms with Gasteiger partial charge in [-0.3, -0.25) is 4.90 Å². The molecule has 5 heteroatoms. The fourth-order valence-electron chi connectivity index (χ4n) is 2.78. The number of aliphatic hydroxyl groups excluding tert-OH is 1. The topological polar surface area (TPSA) is 68.0 Å². The molecule has 0 bridgehead atoms. The molecule has 0 amide bonds. The maximum atomic E-state index is 10.2. The largest absolute Gasteiger partial charge is 0.491 e. The van der Waals surface area contributed by atoms with Gasteiger partial charge in [-0.2, -0.15) is 0 Å². The van der Waals surface area contributed by atoms with Gasteiger partial charge in [0, 0.05) is 31.7 Å². The molecule has 5 nitrogen and oxygen atoms in total. The fraction of sp³-hybridized carbons (Fsp3) is 0.625. The standard InChI is InChI=1S/C16H26N2O3/c1-12-8-18(9-13(2)21-12)10-15(19)11-20-16-6-4-3-5-14(16)7-17/h3-6,12-13,15,19H,7-11,17H2,1-2H3. The van der Waals surface area contributed by atoms with Gasteiger partial charge in [-0.1, -0.05) is 18.2 Å². The van der Waals surface area contributed by atoms with Crippen LogP contribution >= 0.6 is 0 Å². The molecule has 1 saturated heterocycles. The van der Waals surface area contributed by atoms with E-state index in [1.54, 1.807) is 0 Å². The van der Waals surface area contributed by atoms with Gasteiger partial charge in [0.05, 0.1) is 12.2 Å². The molecule has 1 aromatic rings. The lowest BCUT2D eigenvalue weighted by molar-refractivity contribution is -0.0787. The van der Waals surface area contributed by atoms with Crippen LogP contribution in [0.15, 0.2) is 24.3 Å². The number of nitrogens with zero attached hydrogens (tertiary/aromatic N) is 1. The van der Waals surface area contributed by atoms with Crippen LogP contribution in [0.4, 0.5) is 0 Å². The number of ether oxygens (including phenoxy) is 2. The van der Waals surface area contributed by atoms with Crippen molar-refractivity contribution in [3.8, 4) is 5.75 Å².